The number of carbonyl (C=O) groups excluding carboxylic acids is 1. The molecule has 23 heavy (non-hydrogen) atoms. The van der Waals surface area contributed by atoms with Crippen LogP contribution >= 0.6 is 0 Å². The summed E-state index contributed by atoms with van der Waals surface area (Å²) in [4.78, 5) is 20.0. The lowest BCUT2D eigenvalue weighted by atomic mass is 9.97. The predicted octanol–water partition coefficient (Wildman–Crippen LogP) is 2.60. The zero-order valence-electron chi connectivity index (χ0n) is 12.4. The second-order valence-corrected chi connectivity index (χ2v) is 5.20. The van der Waals surface area contributed by atoms with E-state index in [-0.39, 0.29) is 17.9 Å². The highest BCUT2D eigenvalue weighted by Crippen LogP contribution is 2.35. The van der Waals surface area contributed by atoms with Crippen LogP contribution in [0.5, 0.6) is 0 Å². The van der Waals surface area contributed by atoms with E-state index in [4.69, 9.17) is 0 Å². The zero-order chi connectivity index (χ0) is 17.1. The SMILES string of the molecule is CCCC(O)(Cn1ccnc1C(=O)c1ccccn1)C(F)(F)F. The molecule has 8 heteroatoms. The molecule has 0 saturated carbocycles. The van der Waals surface area contributed by atoms with E-state index >= 15 is 0 Å². The molecule has 0 aromatic carbocycles. The molecule has 0 spiro atoms. The molecule has 2 aromatic heterocycles. The zero-order valence-corrected chi connectivity index (χ0v) is 12.4. The number of rotatable bonds is 6. The lowest BCUT2D eigenvalue weighted by molar-refractivity contribution is -0.267. The number of aromatic nitrogens is 3. The van der Waals surface area contributed by atoms with Gasteiger partial charge in [-0.25, -0.2) is 4.98 Å². The van der Waals surface area contributed by atoms with Gasteiger partial charge in [-0.05, 0) is 18.6 Å². The van der Waals surface area contributed by atoms with Crippen LogP contribution in [-0.2, 0) is 6.54 Å². The van der Waals surface area contributed by atoms with E-state index < -0.39 is 30.5 Å². The number of alkyl halides is 3. The Kier molecular flexibility index (Phi) is 4.84. The van der Waals surface area contributed by atoms with Gasteiger partial charge in [-0.1, -0.05) is 19.4 Å². The Morgan fingerprint density at radius 1 is 1.26 bits per heavy atom. The Hall–Kier alpha value is -2.22. The summed E-state index contributed by atoms with van der Waals surface area (Å²) in [5.74, 6) is -0.792. The van der Waals surface area contributed by atoms with Gasteiger partial charge in [-0.3, -0.25) is 9.78 Å². The first kappa shape index (κ1) is 17.1. The van der Waals surface area contributed by atoms with Crippen LogP contribution in [0.4, 0.5) is 13.2 Å². The fourth-order valence-electron chi connectivity index (χ4n) is 2.26. The van der Waals surface area contributed by atoms with Crippen LogP contribution < -0.4 is 0 Å². The molecule has 0 radical (unpaired) electrons. The van der Waals surface area contributed by atoms with Crippen molar-refractivity contribution in [3.05, 3.63) is 48.3 Å². The van der Waals surface area contributed by atoms with Gasteiger partial charge in [0.05, 0.1) is 6.54 Å². The van der Waals surface area contributed by atoms with E-state index in [1.165, 1.54) is 24.7 Å². The minimum atomic E-state index is -4.81. The molecule has 0 bridgehead atoms. The maximum atomic E-state index is 13.2. The monoisotopic (exact) mass is 327 g/mol. The van der Waals surface area contributed by atoms with Gasteiger partial charge in [0.2, 0.25) is 5.78 Å². The molecular weight excluding hydrogens is 311 g/mol. The third-order valence-electron chi connectivity index (χ3n) is 3.44. The number of nitrogens with zero attached hydrogens (tertiary/aromatic N) is 3. The van der Waals surface area contributed by atoms with Gasteiger partial charge in [-0.2, -0.15) is 13.2 Å². The summed E-state index contributed by atoms with van der Waals surface area (Å²) >= 11 is 0. The van der Waals surface area contributed by atoms with Gasteiger partial charge in [0, 0.05) is 18.6 Å². The predicted molar refractivity (Wildman–Crippen MR) is 75.8 cm³/mol. The molecule has 124 valence electrons. The molecule has 1 atom stereocenters. The average Bonchev–Trinajstić information content (AvgIpc) is 2.94. The molecule has 0 fully saturated rings. The standard InChI is InChI=1S/C15H16F3N3O2/c1-2-6-14(23,15(16,17)18)10-21-9-8-20-13(21)12(22)11-5-3-4-7-19-11/h3-5,7-9,23H,2,6,10H2,1H3. The van der Waals surface area contributed by atoms with Crippen molar-refractivity contribution in [2.24, 2.45) is 0 Å². The Morgan fingerprint density at radius 3 is 2.57 bits per heavy atom. The summed E-state index contributed by atoms with van der Waals surface area (Å²) in [5, 5.41) is 10.00. The van der Waals surface area contributed by atoms with E-state index in [0.29, 0.717) is 0 Å². The van der Waals surface area contributed by atoms with Crippen molar-refractivity contribution >= 4 is 5.78 Å². The Labute approximate surface area is 130 Å². The maximum absolute atomic E-state index is 13.2. The van der Waals surface area contributed by atoms with Crippen molar-refractivity contribution in [2.75, 3.05) is 0 Å². The first-order valence-electron chi connectivity index (χ1n) is 7.04. The molecule has 1 unspecified atom stereocenters. The largest absolute Gasteiger partial charge is 0.418 e. The van der Waals surface area contributed by atoms with Crippen molar-refractivity contribution in [1.29, 1.82) is 0 Å². The summed E-state index contributed by atoms with van der Waals surface area (Å²) in [6, 6.07) is 4.66. The fourth-order valence-corrected chi connectivity index (χ4v) is 2.26. The van der Waals surface area contributed by atoms with Crippen LogP contribution in [0.3, 0.4) is 0 Å². The smallest absolute Gasteiger partial charge is 0.379 e. The molecule has 2 aromatic rings. The highest BCUT2D eigenvalue weighted by Gasteiger charge is 2.53. The second kappa shape index (κ2) is 6.49. The first-order chi connectivity index (χ1) is 10.8. The highest BCUT2D eigenvalue weighted by atomic mass is 19.4. The van der Waals surface area contributed by atoms with Crippen LogP contribution in [-0.4, -0.2) is 37.2 Å². The van der Waals surface area contributed by atoms with Gasteiger partial charge in [0.25, 0.3) is 0 Å². The fraction of sp³-hybridized carbons (Fsp3) is 0.400. The summed E-state index contributed by atoms with van der Waals surface area (Å²) in [7, 11) is 0. The quantitative estimate of drug-likeness (QED) is 0.828. The number of pyridine rings is 1. The number of carbonyl (C=O) groups is 1. The highest BCUT2D eigenvalue weighted by molar-refractivity contribution is 6.05. The molecule has 2 heterocycles. The number of halogens is 3. The van der Waals surface area contributed by atoms with E-state index in [9.17, 15) is 23.1 Å². The number of hydrogen-bond donors (Lipinski definition) is 1. The van der Waals surface area contributed by atoms with Crippen molar-refractivity contribution < 1.29 is 23.1 Å². The minimum Gasteiger partial charge on any atom is -0.379 e. The first-order valence-corrected chi connectivity index (χ1v) is 7.04. The molecule has 2 rings (SSSR count). The Bertz CT molecular complexity index is 670. The average molecular weight is 327 g/mol. The van der Waals surface area contributed by atoms with Crippen LogP contribution in [0.25, 0.3) is 0 Å². The van der Waals surface area contributed by atoms with E-state index in [0.717, 1.165) is 4.57 Å². The third kappa shape index (κ3) is 3.58. The summed E-state index contributed by atoms with van der Waals surface area (Å²) in [6.45, 7) is 0.753. The van der Waals surface area contributed by atoms with Gasteiger partial charge in [0.15, 0.2) is 11.4 Å². The topological polar surface area (TPSA) is 68.0 Å². The van der Waals surface area contributed by atoms with E-state index in [1.54, 1.807) is 19.1 Å². The molecule has 0 aliphatic rings. The third-order valence-corrected chi connectivity index (χ3v) is 3.44. The van der Waals surface area contributed by atoms with Crippen LogP contribution in [0.15, 0.2) is 36.8 Å². The summed E-state index contributed by atoms with van der Waals surface area (Å²) in [6.07, 6.45) is -1.26. The minimum absolute atomic E-state index is 0.0750. The molecule has 0 amide bonds. The van der Waals surface area contributed by atoms with Crippen molar-refractivity contribution in [1.82, 2.24) is 14.5 Å². The number of aliphatic hydroxyl groups is 1. The van der Waals surface area contributed by atoms with E-state index in [2.05, 4.69) is 9.97 Å². The molecule has 1 N–H and O–H groups in total. The molecular formula is C15H16F3N3O2. The van der Waals surface area contributed by atoms with Gasteiger partial charge in [-0.15, -0.1) is 0 Å². The lowest BCUT2D eigenvalue weighted by Gasteiger charge is -2.30. The van der Waals surface area contributed by atoms with Crippen LogP contribution in [0, 0.1) is 0 Å². The molecule has 5 nitrogen and oxygen atoms in total. The Balaban J connectivity index is 2.32. The van der Waals surface area contributed by atoms with Gasteiger partial charge < -0.3 is 9.67 Å². The lowest BCUT2D eigenvalue weighted by Crippen LogP contribution is -2.48. The number of hydrogen-bond acceptors (Lipinski definition) is 4. The van der Waals surface area contributed by atoms with Crippen molar-refractivity contribution in [3.63, 3.8) is 0 Å². The van der Waals surface area contributed by atoms with Crippen molar-refractivity contribution in [3.8, 4) is 0 Å². The number of imidazole rings is 1. The van der Waals surface area contributed by atoms with Crippen LogP contribution in [0.1, 0.15) is 36.1 Å². The molecule has 0 aliphatic heterocycles. The normalized spacial score (nSPS) is 14.5. The molecule has 0 saturated heterocycles. The van der Waals surface area contributed by atoms with Crippen LogP contribution in [0.2, 0.25) is 0 Å². The summed E-state index contributed by atoms with van der Waals surface area (Å²) < 4.78 is 40.5. The van der Waals surface area contributed by atoms with Gasteiger partial charge >= 0.3 is 6.18 Å². The second-order valence-electron chi connectivity index (χ2n) is 5.20. The number of ketones is 1. The van der Waals surface area contributed by atoms with Gasteiger partial charge in [0.1, 0.15) is 5.69 Å². The van der Waals surface area contributed by atoms with Crippen molar-refractivity contribution in [2.45, 2.75) is 38.1 Å². The Morgan fingerprint density at radius 2 is 2.00 bits per heavy atom. The summed E-state index contributed by atoms with van der Waals surface area (Å²) in [5.41, 5.74) is -2.84. The maximum Gasteiger partial charge on any atom is 0.418 e. The van der Waals surface area contributed by atoms with E-state index in [1.807, 2.05) is 0 Å². The molecule has 0 aliphatic carbocycles.